The van der Waals surface area contributed by atoms with Gasteiger partial charge in [0.25, 0.3) is 0 Å². The van der Waals surface area contributed by atoms with E-state index < -0.39 is 0 Å². The van der Waals surface area contributed by atoms with Crippen LogP contribution in [0, 0.1) is 16.7 Å². The van der Waals surface area contributed by atoms with Gasteiger partial charge in [0, 0.05) is 0 Å². The van der Waals surface area contributed by atoms with Crippen LogP contribution < -0.4 is 0 Å². The van der Waals surface area contributed by atoms with Crippen LogP contribution in [-0.4, -0.2) is 17.5 Å². The Hall–Kier alpha value is -0.630. The van der Waals surface area contributed by atoms with Crippen molar-refractivity contribution < 1.29 is 9.90 Å². The van der Waals surface area contributed by atoms with Crippen molar-refractivity contribution in [1.29, 1.82) is 0 Å². The molecule has 0 radical (unpaired) electrons. The highest BCUT2D eigenvalue weighted by Gasteiger charge is 2.52. The van der Waals surface area contributed by atoms with E-state index in [0.717, 1.165) is 37.5 Å². The van der Waals surface area contributed by atoms with E-state index in [1.165, 1.54) is 5.57 Å². The average Bonchev–Trinajstić information content (AvgIpc) is 2.49. The van der Waals surface area contributed by atoms with Gasteiger partial charge in [-0.05, 0) is 54.9 Å². The summed E-state index contributed by atoms with van der Waals surface area (Å²) in [6.45, 7) is 8.60. The summed E-state index contributed by atoms with van der Waals surface area (Å²) in [7, 11) is 0. The van der Waals surface area contributed by atoms with Gasteiger partial charge in [-0.1, -0.05) is 26.3 Å². The second-order valence-corrected chi connectivity index (χ2v) is 6.94. The molecule has 2 fully saturated rings. The number of aliphatic hydroxyl groups excluding tert-OH is 1. The maximum atomic E-state index is 10.9. The number of allylic oxidation sites excluding steroid dienone is 2. The highest BCUT2D eigenvalue weighted by atomic mass is 16.3. The Morgan fingerprint density at radius 1 is 1.35 bits per heavy atom. The summed E-state index contributed by atoms with van der Waals surface area (Å²) in [5.41, 5.74) is 2.48. The first-order chi connectivity index (χ1) is 7.80. The van der Waals surface area contributed by atoms with E-state index >= 15 is 0 Å². The molecule has 0 spiro atoms. The fraction of sp³-hybridized carbons (Fsp3) is 0.800. The minimum atomic E-state index is -0.204. The summed E-state index contributed by atoms with van der Waals surface area (Å²) < 4.78 is 0. The Labute approximate surface area is 104 Å². The maximum Gasteiger partial charge on any atom is 0.145 e. The van der Waals surface area contributed by atoms with Crippen LogP contribution in [0.4, 0.5) is 0 Å². The molecule has 0 amide bonds. The van der Waals surface area contributed by atoms with Gasteiger partial charge in [0.05, 0.1) is 6.10 Å². The Morgan fingerprint density at radius 3 is 2.35 bits per heavy atom. The van der Waals surface area contributed by atoms with E-state index in [2.05, 4.69) is 20.8 Å². The van der Waals surface area contributed by atoms with Crippen LogP contribution in [0.3, 0.4) is 0 Å². The second-order valence-electron chi connectivity index (χ2n) is 6.94. The molecule has 0 aromatic carbocycles. The molecule has 2 aliphatic rings. The molecule has 0 aromatic rings. The van der Waals surface area contributed by atoms with Crippen molar-refractivity contribution in [3.8, 4) is 0 Å². The molecule has 0 heterocycles. The fourth-order valence-electron chi connectivity index (χ4n) is 3.95. The molecule has 2 heteroatoms. The quantitative estimate of drug-likeness (QED) is 0.591. The molecule has 3 atom stereocenters. The van der Waals surface area contributed by atoms with E-state index in [9.17, 15) is 9.90 Å². The lowest BCUT2D eigenvalue weighted by Gasteiger charge is -2.48. The molecule has 2 aliphatic carbocycles. The lowest BCUT2D eigenvalue weighted by Crippen LogP contribution is -2.41. The van der Waals surface area contributed by atoms with Crippen molar-refractivity contribution in [2.75, 3.05) is 0 Å². The predicted molar refractivity (Wildman–Crippen MR) is 68.6 cm³/mol. The third kappa shape index (κ3) is 1.97. The third-order valence-corrected chi connectivity index (χ3v) is 5.05. The van der Waals surface area contributed by atoms with Crippen molar-refractivity contribution in [2.24, 2.45) is 16.7 Å². The number of carbonyl (C=O) groups is 1. The van der Waals surface area contributed by atoms with Crippen molar-refractivity contribution in [2.45, 2.75) is 59.5 Å². The molecular weight excluding hydrogens is 212 g/mol. The molecule has 3 unspecified atom stereocenters. The number of aldehydes is 1. The van der Waals surface area contributed by atoms with E-state index in [0.29, 0.717) is 5.92 Å². The normalized spacial score (nSPS) is 43.1. The standard InChI is InChI=1S/C15H24O2/c1-10(9-16)11-5-6-15(11,4)12-7-14(2,3)8-13(12)17/h9,12-13,17H,5-8H2,1-4H3. The first-order valence-corrected chi connectivity index (χ1v) is 6.64. The van der Waals surface area contributed by atoms with Gasteiger partial charge in [-0.2, -0.15) is 0 Å². The van der Waals surface area contributed by atoms with Gasteiger partial charge in [0.2, 0.25) is 0 Å². The van der Waals surface area contributed by atoms with Gasteiger partial charge in [-0.3, -0.25) is 4.79 Å². The predicted octanol–water partition coefficient (Wildman–Crippen LogP) is 3.10. The molecule has 2 saturated carbocycles. The third-order valence-electron chi connectivity index (χ3n) is 5.05. The highest BCUT2D eigenvalue weighted by Crippen LogP contribution is 2.59. The van der Waals surface area contributed by atoms with Crippen molar-refractivity contribution in [3.63, 3.8) is 0 Å². The zero-order valence-corrected chi connectivity index (χ0v) is 11.4. The van der Waals surface area contributed by atoms with Gasteiger partial charge in [0.1, 0.15) is 6.29 Å². The Balaban J connectivity index is 2.26. The van der Waals surface area contributed by atoms with Crippen LogP contribution >= 0.6 is 0 Å². The molecule has 2 nitrogen and oxygen atoms in total. The molecule has 0 aliphatic heterocycles. The maximum absolute atomic E-state index is 10.9. The topological polar surface area (TPSA) is 37.3 Å². The van der Waals surface area contributed by atoms with Crippen LogP contribution in [0.2, 0.25) is 0 Å². The smallest absolute Gasteiger partial charge is 0.145 e. The molecule has 2 rings (SSSR count). The summed E-state index contributed by atoms with van der Waals surface area (Å²) in [4.78, 5) is 10.9. The van der Waals surface area contributed by atoms with Crippen LogP contribution in [0.1, 0.15) is 53.4 Å². The van der Waals surface area contributed by atoms with Gasteiger partial charge in [-0.25, -0.2) is 0 Å². The van der Waals surface area contributed by atoms with Crippen molar-refractivity contribution in [3.05, 3.63) is 11.1 Å². The molecule has 0 aromatic heterocycles. The molecule has 17 heavy (non-hydrogen) atoms. The van der Waals surface area contributed by atoms with Crippen LogP contribution in [0.25, 0.3) is 0 Å². The second kappa shape index (κ2) is 3.94. The monoisotopic (exact) mass is 236 g/mol. The zero-order chi connectivity index (χ0) is 12.8. The molecular formula is C15H24O2. The lowest BCUT2D eigenvalue weighted by molar-refractivity contribution is -0.105. The molecule has 1 N–H and O–H groups in total. The Bertz CT molecular complexity index is 367. The molecule has 96 valence electrons. The molecule has 0 bridgehead atoms. The van der Waals surface area contributed by atoms with Crippen molar-refractivity contribution in [1.82, 2.24) is 0 Å². The van der Waals surface area contributed by atoms with Gasteiger partial charge in [-0.15, -0.1) is 0 Å². The van der Waals surface area contributed by atoms with E-state index in [1.54, 1.807) is 0 Å². The van der Waals surface area contributed by atoms with Crippen LogP contribution in [0.5, 0.6) is 0 Å². The average molecular weight is 236 g/mol. The minimum Gasteiger partial charge on any atom is -0.393 e. The summed E-state index contributed by atoms with van der Waals surface area (Å²) in [5.74, 6) is 0.330. The van der Waals surface area contributed by atoms with Gasteiger partial charge >= 0.3 is 0 Å². The number of rotatable bonds is 2. The fourth-order valence-corrected chi connectivity index (χ4v) is 3.95. The summed E-state index contributed by atoms with van der Waals surface area (Å²) in [6, 6.07) is 0. The molecule has 0 saturated heterocycles. The SMILES string of the molecule is CC(C=O)=C1CCC1(C)C1CC(C)(C)CC1O. The summed E-state index contributed by atoms with van der Waals surface area (Å²) in [6.07, 6.45) is 4.88. The van der Waals surface area contributed by atoms with E-state index in [4.69, 9.17) is 0 Å². The zero-order valence-electron chi connectivity index (χ0n) is 11.4. The summed E-state index contributed by atoms with van der Waals surface area (Å²) >= 11 is 0. The number of hydrogen-bond acceptors (Lipinski definition) is 2. The minimum absolute atomic E-state index is 0.0676. The van der Waals surface area contributed by atoms with Crippen LogP contribution in [-0.2, 0) is 4.79 Å². The first kappa shape index (κ1) is 12.8. The number of aliphatic hydroxyl groups is 1. The van der Waals surface area contributed by atoms with Gasteiger partial charge in [0.15, 0.2) is 0 Å². The van der Waals surface area contributed by atoms with E-state index in [-0.39, 0.29) is 16.9 Å². The first-order valence-electron chi connectivity index (χ1n) is 6.64. The Morgan fingerprint density at radius 2 is 2.00 bits per heavy atom. The summed E-state index contributed by atoms with van der Waals surface area (Å²) in [5, 5.41) is 10.3. The number of carbonyl (C=O) groups excluding carboxylic acids is 1. The highest BCUT2D eigenvalue weighted by molar-refractivity contribution is 5.74. The van der Waals surface area contributed by atoms with E-state index in [1.807, 2.05) is 6.92 Å². The van der Waals surface area contributed by atoms with Gasteiger partial charge < -0.3 is 5.11 Å². The van der Waals surface area contributed by atoms with Crippen LogP contribution in [0.15, 0.2) is 11.1 Å². The number of hydrogen-bond donors (Lipinski definition) is 1. The largest absolute Gasteiger partial charge is 0.393 e. The van der Waals surface area contributed by atoms with Crippen molar-refractivity contribution >= 4 is 6.29 Å². The lowest BCUT2D eigenvalue weighted by atomic mass is 9.56. The Kier molecular flexibility index (Phi) is 2.97.